The van der Waals surface area contributed by atoms with Crippen LogP contribution in [0.3, 0.4) is 0 Å². The van der Waals surface area contributed by atoms with Gasteiger partial charge >= 0.3 is 0 Å². The van der Waals surface area contributed by atoms with Crippen molar-refractivity contribution in [3.63, 3.8) is 0 Å². The predicted octanol–water partition coefficient (Wildman–Crippen LogP) is 2.69. The van der Waals surface area contributed by atoms with E-state index >= 15 is 0 Å². The van der Waals surface area contributed by atoms with E-state index in [1.807, 2.05) is 0 Å². The molecule has 2 rings (SSSR count). The number of rotatable bonds is 3. The number of nitrogens with one attached hydrogen (secondary N) is 1. The normalized spacial score (nSPS) is 24.9. The van der Waals surface area contributed by atoms with Gasteiger partial charge in [0.05, 0.1) is 0 Å². The first-order chi connectivity index (χ1) is 7.65. The smallest absolute Gasteiger partial charge is 0.129 e. The Hall–Kier alpha value is -1.09. The van der Waals surface area contributed by atoms with E-state index < -0.39 is 0 Å². The maximum Gasteiger partial charge on any atom is 0.129 e. The number of halogens is 1. The molecule has 0 heterocycles. The second-order valence-corrected chi connectivity index (χ2v) is 4.85. The van der Waals surface area contributed by atoms with E-state index in [-0.39, 0.29) is 5.82 Å². The minimum atomic E-state index is -0.210. The van der Waals surface area contributed by atoms with Gasteiger partial charge in [-0.1, -0.05) is 13.0 Å². The van der Waals surface area contributed by atoms with Crippen molar-refractivity contribution in [3.8, 4) is 0 Å². The zero-order chi connectivity index (χ0) is 11.5. The highest BCUT2D eigenvalue weighted by molar-refractivity contribution is 5.40. The van der Waals surface area contributed by atoms with Gasteiger partial charge < -0.3 is 11.1 Å². The first-order valence-corrected chi connectivity index (χ1v) is 5.92. The lowest BCUT2D eigenvalue weighted by Gasteiger charge is -2.12. The number of nitrogens with two attached hydrogens (primary N) is 1. The summed E-state index contributed by atoms with van der Waals surface area (Å²) in [4.78, 5) is 0. The lowest BCUT2D eigenvalue weighted by Crippen LogP contribution is -2.26. The molecular weight excluding hydrogens is 203 g/mol. The van der Waals surface area contributed by atoms with Crippen molar-refractivity contribution in [3.05, 3.63) is 29.6 Å². The Bertz CT molecular complexity index is 365. The molecule has 2 atom stereocenters. The van der Waals surface area contributed by atoms with Crippen LogP contribution in [-0.4, -0.2) is 6.04 Å². The van der Waals surface area contributed by atoms with E-state index in [0.29, 0.717) is 23.8 Å². The van der Waals surface area contributed by atoms with E-state index in [1.165, 1.54) is 25.3 Å². The summed E-state index contributed by atoms with van der Waals surface area (Å²) in [6.07, 6.45) is 3.69. The standard InChI is InChI=1S/C13H19FN2/c1-9-2-5-12(6-9)16-8-10-3-4-11(15)7-13(10)14/h3-4,7,9,12,16H,2,5-6,8,15H2,1H3. The van der Waals surface area contributed by atoms with Crippen LogP contribution in [0.5, 0.6) is 0 Å². The highest BCUT2D eigenvalue weighted by atomic mass is 19.1. The average molecular weight is 222 g/mol. The monoisotopic (exact) mass is 222 g/mol. The Morgan fingerprint density at radius 2 is 2.25 bits per heavy atom. The topological polar surface area (TPSA) is 38.0 Å². The molecule has 0 spiro atoms. The lowest BCUT2D eigenvalue weighted by molar-refractivity contribution is 0.492. The Kier molecular flexibility index (Phi) is 3.44. The first kappa shape index (κ1) is 11.4. The van der Waals surface area contributed by atoms with Crippen LogP contribution in [0, 0.1) is 11.7 Å². The number of benzene rings is 1. The largest absolute Gasteiger partial charge is 0.399 e. The molecule has 1 aromatic carbocycles. The van der Waals surface area contributed by atoms with Gasteiger partial charge in [-0.3, -0.25) is 0 Å². The molecule has 16 heavy (non-hydrogen) atoms. The third-order valence-corrected chi connectivity index (χ3v) is 3.35. The van der Waals surface area contributed by atoms with Crippen LogP contribution >= 0.6 is 0 Å². The molecule has 0 radical (unpaired) electrons. The summed E-state index contributed by atoms with van der Waals surface area (Å²) in [6, 6.07) is 5.44. The Balaban J connectivity index is 1.89. The van der Waals surface area contributed by atoms with Crippen LogP contribution in [0.25, 0.3) is 0 Å². The second-order valence-electron chi connectivity index (χ2n) is 4.85. The van der Waals surface area contributed by atoms with Crippen LogP contribution in [-0.2, 0) is 6.54 Å². The van der Waals surface area contributed by atoms with E-state index in [9.17, 15) is 4.39 Å². The maximum atomic E-state index is 13.5. The highest BCUT2D eigenvalue weighted by Gasteiger charge is 2.20. The third-order valence-electron chi connectivity index (χ3n) is 3.35. The minimum Gasteiger partial charge on any atom is -0.399 e. The summed E-state index contributed by atoms with van der Waals surface area (Å²) in [6.45, 7) is 2.87. The fourth-order valence-corrected chi connectivity index (χ4v) is 2.35. The SMILES string of the molecule is CC1CCC(NCc2ccc(N)cc2F)C1. The van der Waals surface area contributed by atoms with E-state index in [0.717, 1.165) is 5.92 Å². The van der Waals surface area contributed by atoms with Crippen LogP contribution in [0.4, 0.5) is 10.1 Å². The Morgan fingerprint density at radius 1 is 1.44 bits per heavy atom. The van der Waals surface area contributed by atoms with Crippen molar-refractivity contribution in [1.29, 1.82) is 0 Å². The molecule has 0 aromatic heterocycles. The van der Waals surface area contributed by atoms with Gasteiger partial charge in [-0.05, 0) is 37.3 Å². The molecule has 3 N–H and O–H groups in total. The quantitative estimate of drug-likeness (QED) is 0.772. The summed E-state index contributed by atoms with van der Waals surface area (Å²) < 4.78 is 13.5. The van der Waals surface area contributed by atoms with Crippen molar-refractivity contribution < 1.29 is 4.39 Å². The molecular formula is C13H19FN2. The molecule has 3 heteroatoms. The van der Waals surface area contributed by atoms with Gasteiger partial charge in [-0.2, -0.15) is 0 Å². The Labute approximate surface area is 96.0 Å². The van der Waals surface area contributed by atoms with Gasteiger partial charge in [0.15, 0.2) is 0 Å². The van der Waals surface area contributed by atoms with E-state index in [2.05, 4.69) is 12.2 Å². The molecule has 2 unspecified atom stereocenters. The molecule has 1 saturated carbocycles. The van der Waals surface area contributed by atoms with Gasteiger partial charge in [0, 0.05) is 23.8 Å². The molecule has 1 aliphatic carbocycles. The van der Waals surface area contributed by atoms with Gasteiger partial charge in [0.25, 0.3) is 0 Å². The first-order valence-electron chi connectivity index (χ1n) is 5.92. The molecule has 0 aliphatic heterocycles. The van der Waals surface area contributed by atoms with Gasteiger partial charge in [0.2, 0.25) is 0 Å². The molecule has 88 valence electrons. The molecule has 0 amide bonds. The average Bonchev–Trinajstić information content (AvgIpc) is 2.63. The van der Waals surface area contributed by atoms with E-state index in [4.69, 9.17) is 5.73 Å². The zero-order valence-electron chi connectivity index (χ0n) is 9.67. The van der Waals surface area contributed by atoms with Crippen molar-refractivity contribution in [2.45, 2.75) is 38.8 Å². The van der Waals surface area contributed by atoms with Crippen LogP contribution in [0.2, 0.25) is 0 Å². The highest BCUT2D eigenvalue weighted by Crippen LogP contribution is 2.25. The van der Waals surface area contributed by atoms with Crippen molar-refractivity contribution in [1.82, 2.24) is 5.32 Å². The molecule has 0 bridgehead atoms. The lowest BCUT2D eigenvalue weighted by atomic mass is 10.1. The Morgan fingerprint density at radius 3 is 2.88 bits per heavy atom. The van der Waals surface area contributed by atoms with Crippen molar-refractivity contribution >= 4 is 5.69 Å². The van der Waals surface area contributed by atoms with Gasteiger partial charge in [-0.15, -0.1) is 0 Å². The van der Waals surface area contributed by atoms with Crippen LogP contribution < -0.4 is 11.1 Å². The summed E-state index contributed by atoms with van der Waals surface area (Å²) in [5, 5.41) is 3.41. The number of nitrogen functional groups attached to an aromatic ring is 1. The van der Waals surface area contributed by atoms with Gasteiger partial charge in [-0.25, -0.2) is 4.39 Å². The summed E-state index contributed by atoms with van der Waals surface area (Å²) >= 11 is 0. The van der Waals surface area contributed by atoms with Crippen molar-refractivity contribution in [2.24, 2.45) is 5.92 Å². The molecule has 1 aliphatic rings. The molecule has 1 fully saturated rings. The second kappa shape index (κ2) is 4.83. The summed E-state index contributed by atoms with van der Waals surface area (Å²) in [5.74, 6) is 0.590. The zero-order valence-corrected chi connectivity index (χ0v) is 9.67. The van der Waals surface area contributed by atoms with Crippen LogP contribution in [0.15, 0.2) is 18.2 Å². The molecule has 1 aromatic rings. The van der Waals surface area contributed by atoms with Crippen molar-refractivity contribution in [2.75, 3.05) is 5.73 Å². The molecule has 0 saturated heterocycles. The van der Waals surface area contributed by atoms with Gasteiger partial charge in [0.1, 0.15) is 5.82 Å². The number of anilines is 1. The van der Waals surface area contributed by atoms with E-state index in [1.54, 1.807) is 12.1 Å². The summed E-state index contributed by atoms with van der Waals surface area (Å²) in [7, 11) is 0. The maximum absolute atomic E-state index is 13.5. The number of hydrogen-bond donors (Lipinski definition) is 2. The van der Waals surface area contributed by atoms with Crippen LogP contribution in [0.1, 0.15) is 31.7 Å². The number of hydrogen-bond acceptors (Lipinski definition) is 2. The molecule has 2 nitrogen and oxygen atoms in total. The fourth-order valence-electron chi connectivity index (χ4n) is 2.35. The minimum absolute atomic E-state index is 0.210. The summed E-state index contributed by atoms with van der Waals surface area (Å²) in [5.41, 5.74) is 6.69. The fraction of sp³-hybridized carbons (Fsp3) is 0.538. The predicted molar refractivity (Wildman–Crippen MR) is 64.5 cm³/mol. The third kappa shape index (κ3) is 2.73.